The third-order valence-electron chi connectivity index (χ3n) is 4.55. The molecule has 0 atom stereocenters. The van der Waals surface area contributed by atoms with E-state index in [1.54, 1.807) is 6.92 Å². The third kappa shape index (κ3) is 4.02. The Morgan fingerprint density at radius 2 is 2.00 bits per heavy atom. The second-order valence-electron chi connectivity index (χ2n) is 6.09. The van der Waals surface area contributed by atoms with Crippen LogP contribution in [0.1, 0.15) is 35.7 Å². The van der Waals surface area contributed by atoms with Crippen LogP contribution in [0.15, 0.2) is 17.0 Å². The molecule has 0 aromatic heterocycles. The molecule has 10 heteroatoms. The first kappa shape index (κ1) is 20.3. The summed E-state index contributed by atoms with van der Waals surface area (Å²) in [5, 5.41) is 14.5. The highest BCUT2D eigenvalue weighted by Crippen LogP contribution is 2.29. The Morgan fingerprint density at radius 1 is 1.38 bits per heavy atom. The lowest BCUT2D eigenvalue weighted by Gasteiger charge is -2.30. The van der Waals surface area contributed by atoms with Gasteiger partial charge in [-0.2, -0.15) is 4.31 Å². The first-order valence-corrected chi connectivity index (χ1v) is 9.79. The van der Waals surface area contributed by atoms with Crippen LogP contribution in [-0.2, 0) is 14.8 Å². The molecule has 26 heavy (non-hydrogen) atoms. The first-order valence-electron chi connectivity index (χ1n) is 8.35. The van der Waals surface area contributed by atoms with Crippen LogP contribution in [0.2, 0.25) is 0 Å². The van der Waals surface area contributed by atoms with Gasteiger partial charge in [0, 0.05) is 24.7 Å². The van der Waals surface area contributed by atoms with Gasteiger partial charge >= 0.3 is 5.97 Å². The summed E-state index contributed by atoms with van der Waals surface area (Å²) in [6.45, 7) is 4.49. The zero-order valence-electron chi connectivity index (χ0n) is 15.0. The molecule has 2 rings (SSSR count). The molecule has 1 heterocycles. The Balaban J connectivity index is 2.53. The monoisotopic (exact) mass is 385 g/mol. The van der Waals surface area contributed by atoms with Crippen LogP contribution in [0.5, 0.6) is 0 Å². The first-order chi connectivity index (χ1) is 12.2. The van der Waals surface area contributed by atoms with Crippen LogP contribution in [0.25, 0.3) is 0 Å². The van der Waals surface area contributed by atoms with E-state index in [0.717, 1.165) is 12.1 Å². The SMILES string of the molecule is CCOC(=O)c1cc(S(=O)(=O)N(C)C2CCNCC2)cc([N+](=O)[O-])c1C. The fraction of sp³-hybridized carbons (Fsp3) is 0.562. The smallest absolute Gasteiger partial charge is 0.338 e. The fourth-order valence-corrected chi connectivity index (χ4v) is 4.43. The zero-order valence-corrected chi connectivity index (χ0v) is 15.8. The minimum Gasteiger partial charge on any atom is -0.462 e. The summed E-state index contributed by atoms with van der Waals surface area (Å²) in [7, 11) is -2.53. The molecular formula is C16H23N3O6S. The van der Waals surface area contributed by atoms with Crippen molar-refractivity contribution in [3.05, 3.63) is 33.4 Å². The number of nitrogens with zero attached hydrogens (tertiary/aromatic N) is 2. The Morgan fingerprint density at radius 3 is 2.54 bits per heavy atom. The summed E-state index contributed by atoms with van der Waals surface area (Å²) in [5.74, 6) is -0.783. The van der Waals surface area contributed by atoms with Crippen LogP contribution >= 0.6 is 0 Å². The number of carbonyl (C=O) groups excluding carboxylic acids is 1. The normalized spacial score (nSPS) is 15.8. The van der Waals surface area contributed by atoms with E-state index in [1.165, 1.54) is 18.3 Å². The van der Waals surface area contributed by atoms with Crippen molar-refractivity contribution in [3.8, 4) is 0 Å². The number of ether oxygens (including phenoxy) is 1. The van der Waals surface area contributed by atoms with Crippen molar-refractivity contribution < 1.29 is 22.9 Å². The molecule has 0 saturated carbocycles. The summed E-state index contributed by atoms with van der Waals surface area (Å²) in [4.78, 5) is 22.5. The van der Waals surface area contributed by atoms with Crippen molar-refractivity contribution in [1.29, 1.82) is 0 Å². The van der Waals surface area contributed by atoms with Gasteiger partial charge in [0.2, 0.25) is 10.0 Å². The minimum atomic E-state index is -3.99. The Kier molecular flexibility index (Phi) is 6.32. The molecule has 0 amide bonds. The average Bonchev–Trinajstić information content (AvgIpc) is 2.61. The van der Waals surface area contributed by atoms with Gasteiger partial charge in [0.15, 0.2) is 0 Å². The van der Waals surface area contributed by atoms with E-state index in [2.05, 4.69) is 5.32 Å². The number of nitro benzene ring substituents is 1. The molecule has 1 aromatic carbocycles. The van der Waals surface area contributed by atoms with Crippen LogP contribution in [0.3, 0.4) is 0 Å². The largest absolute Gasteiger partial charge is 0.462 e. The molecule has 0 spiro atoms. The second-order valence-corrected chi connectivity index (χ2v) is 8.09. The van der Waals surface area contributed by atoms with E-state index < -0.39 is 26.6 Å². The molecule has 1 saturated heterocycles. The number of hydrogen-bond donors (Lipinski definition) is 1. The van der Waals surface area contributed by atoms with Crippen LogP contribution in [0.4, 0.5) is 5.69 Å². The van der Waals surface area contributed by atoms with E-state index >= 15 is 0 Å². The van der Waals surface area contributed by atoms with Crippen LogP contribution in [0, 0.1) is 17.0 Å². The lowest BCUT2D eigenvalue weighted by atomic mass is 10.1. The van der Waals surface area contributed by atoms with Crippen molar-refractivity contribution in [2.45, 2.75) is 37.6 Å². The maximum absolute atomic E-state index is 13.0. The van der Waals surface area contributed by atoms with Gasteiger partial charge in [0.05, 0.1) is 22.0 Å². The Bertz CT molecular complexity index is 802. The molecule has 1 aliphatic heterocycles. The molecule has 1 aliphatic rings. The summed E-state index contributed by atoms with van der Waals surface area (Å²) >= 11 is 0. The molecule has 0 unspecified atom stereocenters. The van der Waals surface area contributed by atoms with Gasteiger partial charge in [0.25, 0.3) is 5.69 Å². The fourth-order valence-electron chi connectivity index (χ4n) is 2.97. The number of nitrogens with one attached hydrogen (secondary N) is 1. The lowest BCUT2D eigenvalue weighted by Crippen LogP contribution is -2.43. The van der Waals surface area contributed by atoms with Gasteiger partial charge in [0.1, 0.15) is 0 Å². The number of benzene rings is 1. The van der Waals surface area contributed by atoms with Crippen LogP contribution in [-0.4, -0.2) is 56.4 Å². The molecule has 9 nitrogen and oxygen atoms in total. The van der Waals surface area contributed by atoms with Crippen molar-refractivity contribution in [2.24, 2.45) is 0 Å². The molecule has 0 aliphatic carbocycles. The molecule has 1 N–H and O–H groups in total. The Hall–Kier alpha value is -2.04. The maximum Gasteiger partial charge on any atom is 0.338 e. The summed E-state index contributed by atoms with van der Waals surface area (Å²) in [6, 6.07) is 1.96. The van der Waals surface area contributed by atoms with Gasteiger partial charge in [-0.05, 0) is 45.8 Å². The van der Waals surface area contributed by atoms with Gasteiger partial charge in [-0.3, -0.25) is 10.1 Å². The van der Waals surface area contributed by atoms with Crippen molar-refractivity contribution >= 4 is 21.7 Å². The number of hydrogen-bond acceptors (Lipinski definition) is 7. The second kappa shape index (κ2) is 8.11. The summed E-state index contributed by atoms with van der Waals surface area (Å²) in [5.41, 5.74) is -0.455. The quantitative estimate of drug-likeness (QED) is 0.447. The highest BCUT2D eigenvalue weighted by Gasteiger charge is 2.32. The summed E-state index contributed by atoms with van der Waals surface area (Å²) < 4.78 is 32.1. The van der Waals surface area contributed by atoms with E-state index in [0.29, 0.717) is 25.9 Å². The number of rotatable bonds is 6. The zero-order chi connectivity index (χ0) is 19.5. The molecule has 1 fully saturated rings. The predicted octanol–water partition coefficient (Wildman–Crippen LogP) is 1.45. The minimum absolute atomic E-state index is 0.0805. The Labute approximate surface area is 152 Å². The molecule has 144 valence electrons. The molecule has 0 radical (unpaired) electrons. The standard InChI is InChI=1S/C16H23N3O6S/c1-4-25-16(20)14-9-13(10-15(11(14)2)19(21)22)26(23,24)18(3)12-5-7-17-8-6-12/h9-10,12,17H,4-8H2,1-3H3. The number of carbonyl (C=O) groups is 1. The average molecular weight is 385 g/mol. The molecule has 1 aromatic rings. The number of sulfonamides is 1. The van der Waals surface area contributed by atoms with E-state index in [4.69, 9.17) is 4.74 Å². The van der Waals surface area contributed by atoms with Crippen molar-refractivity contribution in [3.63, 3.8) is 0 Å². The third-order valence-corrected chi connectivity index (χ3v) is 6.43. The van der Waals surface area contributed by atoms with E-state index in [9.17, 15) is 23.3 Å². The van der Waals surface area contributed by atoms with E-state index in [-0.39, 0.29) is 28.7 Å². The van der Waals surface area contributed by atoms with Gasteiger partial charge in [-0.1, -0.05) is 0 Å². The van der Waals surface area contributed by atoms with Crippen LogP contribution < -0.4 is 5.32 Å². The van der Waals surface area contributed by atoms with Gasteiger partial charge < -0.3 is 10.1 Å². The highest BCUT2D eigenvalue weighted by atomic mass is 32.2. The lowest BCUT2D eigenvalue weighted by molar-refractivity contribution is -0.385. The van der Waals surface area contributed by atoms with Crippen molar-refractivity contribution in [1.82, 2.24) is 9.62 Å². The number of esters is 1. The van der Waals surface area contributed by atoms with Gasteiger partial charge in [-0.15, -0.1) is 0 Å². The number of nitro groups is 1. The predicted molar refractivity (Wildman–Crippen MR) is 94.6 cm³/mol. The van der Waals surface area contributed by atoms with Gasteiger partial charge in [-0.25, -0.2) is 13.2 Å². The van der Waals surface area contributed by atoms with E-state index in [1.807, 2.05) is 0 Å². The molecule has 0 bridgehead atoms. The topological polar surface area (TPSA) is 119 Å². The summed E-state index contributed by atoms with van der Waals surface area (Å²) in [6.07, 6.45) is 1.29. The van der Waals surface area contributed by atoms with Crippen molar-refractivity contribution in [2.75, 3.05) is 26.7 Å². The molecular weight excluding hydrogens is 362 g/mol. The highest BCUT2D eigenvalue weighted by molar-refractivity contribution is 7.89. The maximum atomic E-state index is 13.0. The number of piperidine rings is 1.